The van der Waals surface area contributed by atoms with E-state index in [0.29, 0.717) is 0 Å². The van der Waals surface area contributed by atoms with Gasteiger partial charge in [-0.15, -0.1) is 0 Å². The van der Waals surface area contributed by atoms with Crippen molar-refractivity contribution in [2.75, 3.05) is 0 Å². The van der Waals surface area contributed by atoms with Crippen molar-refractivity contribution < 1.29 is 14.1 Å². The predicted molar refractivity (Wildman–Crippen MR) is 116 cm³/mol. The zero-order valence-corrected chi connectivity index (χ0v) is 17.9. The Bertz CT molecular complexity index is 865. The molecule has 2 saturated heterocycles. The summed E-state index contributed by atoms with van der Waals surface area (Å²) in [4.78, 5) is 15.1. The van der Waals surface area contributed by atoms with Gasteiger partial charge in [-0.3, -0.25) is 9.69 Å². The van der Waals surface area contributed by atoms with Gasteiger partial charge in [-0.2, -0.15) is 0 Å². The molecule has 0 aliphatic carbocycles. The number of hydrogen-bond donors (Lipinski definition) is 0. The highest BCUT2D eigenvalue weighted by molar-refractivity contribution is 6.64. The van der Waals surface area contributed by atoms with Crippen LogP contribution in [0.1, 0.15) is 64.2 Å². The molecule has 0 saturated carbocycles. The smallest absolute Gasteiger partial charge is 0.504 e. The molecule has 152 valence electrons. The van der Waals surface area contributed by atoms with Crippen molar-refractivity contribution in [1.82, 2.24) is 4.90 Å². The first-order chi connectivity index (χ1) is 13.8. The van der Waals surface area contributed by atoms with Gasteiger partial charge in [0.15, 0.2) is 6.10 Å². The molecule has 0 N–H and O–H groups in total. The summed E-state index contributed by atoms with van der Waals surface area (Å²) in [5.41, 5.74) is 3.16. The summed E-state index contributed by atoms with van der Waals surface area (Å²) < 4.78 is 11.8. The van der Waals surface area contributed by atoms with E-state index in [0.717, 1.165) is 23.1 Å². The minimum atomic E-state index is -0.669. The molecule has 0 amide bonds. The first-order valence-electron chi connectivity index (χ1n) is 10.5. The SMILES string of the molecule is CC1(C)CCCC(C)(C)N1Cc1ccccc1B1OC(=O)C(c2ccccc2)O1. The summed E-state index contributed by atoms with van der Waals surface area (Å²) in [6, 6.07) is 17.7. The van der Waals surface area contributed by atoms with Gasteiger partial charge in [-0.25, -0.2) is 0 Å². The molecular formula is C24H30BNO3. The maximum absolute atomic E-state index is 12.5. The summed E-state index contributed by atoms with van der Waals surface area (Å²) in [6.07, 6.45) is 2.95. The Morgan fingerprint density at radius 3 is 2.28 bits per heavy atom. The lowest BCUT2D eigenvalue weighted by Crippen LogP contribution is -2.58. The number of nitrogens with zero attached hydrogens (tertiary/aromatic N) is 1. The Kier molecular flexibility index (Phi) is 5.30. The van der Waals surface area contributed by atoms with Crippen LogP contribution in [-0.4, -0.2) is 29.1 Å². The summed E-state index contributed by atoms with van der Waals surface area (Å²) in [5, 5.41) is 0. The number of hydrogen-bond acceptors (Lipinski definition) is 4. The van der Waals surface area contributed by atoms with Gasteiger partial charge >= 0.3 is 13.1 Å². The molecule has 2 heterocycles. The second-order valence-electron chi connectivity index (χ2n) is 9.46. The quantitative estimate of drug-likeness (QED) is 0.731. The summed E-state index contributed by atoms with van der Waals surface area (Å²) >= 11 is 0. The lowest BCUT2D eigenvalue weighted by molar-refractivity contribution is -0.136. The molecule has 2 aliphatic rings. The van der Waals surface area contributed by atoms with Gasteiger partial charge in [0.05, 0.1) is 0 Å². The third-order valence-corrected chi connectivity index (χ3v) is 6.48. The fraction of sp³-hybridized carbons (Fsp3) is 0.458. The van der Waals surface area contributed by atoms with Crippen molar-refractivity contribution in [3.8, 4) is 0 Å². The van der Waals surface area contributed by atoms with E-state index in [1.165, 1.54) is 19.3 Å². The number of benzene rings is 2. The Morgan fingerprint density at radius 1 is 0.966 bits per heavy atom. The molecule has 4 rings (SSSR count). The van der Waals surface area contributed by atoms with Crippen LogP contribution in [0, 0.1) is 0 Å². The number of rotatable bonds is 4. The summed E-state index contributed by atoms with van der Waals surface area (Å²) in [7, 11) is -0.667. The average molecular weight is 391 g/mol. The van der Waals surface area contributed by atoms with Gasteiger partial charge in [0.25, 0.3) is 0 Å². The van der Waals surface area contributed by atoms with Crippen molar-refractivity contribution in [2.45, 2.75) is 70.7 Å². The molecule has 0 radical (unpaired) electrons. The number of piperidine rings is 1. The molecule has 1 atom stereocenters. The zero-order chi connectivity index (χ0) is 20.6. The van der Waals surface area contributed by atoms with Crippen LogP contribution in [0.5, 0.6) is 0 Å². The van der Waals surface area contributed by atoms with Gasteiger partial charge in [-0.1, -0.05) is 54.6 Å². The van der Waals surface area contributed by atoms with E-state index in [1.807, 2.05) is 48.5 Å². The molecule has 2 aromatic carbocycles. The second-order valence-corrected chi connectivity index (χ2v) is 9.46. The second kappa shape index (κ2) is 7.62. The summed E-state index contributed by atoms with van der Waals surface area (Å²) in [6.45, 7) is 10.1. The third-order valence-electron chi connectivity index (χ3n) is 6.48. The fourth-order valence-electron chi connectivity index (χ4n) is 4.90. The molecule has 0 bridgehead atoms. The van der Waals surface area contributed by atoms with Crippen molar-refractivity contribution in [1.29, 1.82) is 0 Å². The van der Waals surface area contributed by atoms with Gasteiger partial charge in [0, 0.05) is 23.1 Å². The molecule has 2 aliphatic heterocycles. The van der Waals surface area contributed by atoms with Crippen LogP contribution in [0.4, 0.5) is 0 Å². The lowest BCUT2D eigenvalue weighted by atomic mass is 9.74. The van der Waals surface area contributed by atoms with E-state index in [4.69, 9.17) is 9.31 Å². The van der Waals surface area contributed by atoms with Crippen molar-refractivity contribution in [2.24, 2.45) is 0 Å². The Hall–Kier alpha value is -2.11. The topological polar surface area (TPSA) is 38.8 Å². The fourth-order valence-corrected chi connectivity index (χ4v) is 4.90. The highest BCUT2D eigenvalue weighted by Gasteiger charge is 2.45. The molecule has 2 aromatic rings. The third kappa shape index (κ3) is 3.99. The van der Waals surface area contributed by atoms with Gasteiger partial charge in [0.1, 0.15) is 0 Å². The van der Waals surface area contributed by atoms with Gasteiger partial charge in [-0.05, 0) is 58.1 Å². The van der Waals surface area contributed by atoms with E-state index in [1.54, 1.807) is 0 Å². The Balaban J connectivity index is 1.60. The van der Waals surface area contributed by atoms with E-state index < -0.39 is 13.2 Å². The molecular weight excluding hydrogens is 361 g/mol. The van der Waals surface area contributed by atoms with Crippen molar-refractivity contribution in [3.63, 3.8) is 0 Å². The van der Waals surface area contributed by atoms with Crippen LogP contribution < -0.4 is 5.46 Å². The summed E-state index contributed by atoms with van der Waals surface area (Å²) in [5.74, 6) is -0.324. The van der Waals surface area contributed by atoms with Crippen molar-refractivity contribution in [3.05, 3.63) is 65.7 Å². The standard InChI is InChI=1S/C24H30BNO3/c1-23(2)15-10-16-24(3,4)26(23)17-19-13-8-9-14-20(19)25-28-21(22(27)29-25)18-11-6-5-7-12-18/h5-9,11-14,21H,10,15-17H2,1-4H3. The molecule has 1 unspecified atom stereocenters. The van der Waals surface area contributed by atoms with E-state index >= 15 is 0 Å². The van der Waals surface area contributed by atoms with Crippen LogP contribution in [0.25, 0.3) is 0 Å². The number of carbonyl (C=O) groups excluding carboxylic acids is 1. The van der Waals surface area contributed by atoms with Crippen molar-refractivity contribution >= 4 is 18.6 Å². The number of carbonyl (C=O) groups is 1. The average Bonchev–Trinajstić information content (AvgIpc) is 3.07. The highest BCUT2D eigenvalue weighted by Crippen LogP contribution is 2.39. The predicted octanol–water partition coefficient (Wildman–Crippen LogP) is 4.24. The first-order valence-corrected chi connectivity index (χ1v) is 10.5. The molecule has 5 heteroatoms. The minimum Gasteiger partial charge on any atom is -0.504 e. The normalized spacial score (nSPS) is 23.8. The van der Waals surface area contributed by atoms with Crippen LogP contribution in [0.2, 0.25) is 0 Å². The van der Waals surface area contributed by atoms with Crippen LogP contribution in [-0.2, 0) is 20.6 Å². The van der Waals surface area contributed by atoms with E-state index in [9.17, 15) is 4.79 Å². The zero-order valence-electron chi connectivity index (χ0n) is 17.9. The largest absolute Gasteiger partial charge is 0.565 e. The molecule has 0 spiro atoms. The Morgan fingerprint density at radius 2 is 1.59 bits per heavy atom. The molecule has 2 fully saturated rings. The molecule has 29 heavy (non-hydrogen) atoms. The monoisotopic (exact) mass is 391 g/mol. The maximum Gasteiger partial charge on any atom is 0.565 e. The first kappa shape index (κ1) is 20.2. The van der Waals surface area contributed by atoms with Gasteiger partial charge in [0.2, 0.25) is 0 Å². The molecule has 4 nitrogen and oxygen atoms in total. The molecule has 0 aromatic heterocycles. The highest BCUT2D eigenvalue weighted by atomic mass is 16.7. The van der Waals surface area contributed by atoms with Crippen LogP contribution in [0.3, 0.4) is 0 Å². The van der Waals surface area contributed by atoms with Crippen LogP contribution >= 0.6 is 0 Å². The van der Waals surface area contributed by atoms with E-state index in [2.05, 4.69) is 38.7 Å². The number of likely N-dealkylation sites (tertiary alicyclic amines) is 1. The maximum atomic E-state index is 12.5. The minimum absolute atomic E-state index is 0.120. The Labute approximate surface area is 174 Å². The van der Waals surface area contributed by atoms with Crippen LogP contribution in [0.15, 0.2) is 54.6 Å². The lowest BCUT2D eigenvalue weighted by Gasteiger charge is -2.53. The van der Waals surface area contributed by atoms with E-state index in [-0.39, 0.29) is 17.0 Å². The van der Waals surface area contributed by atoms with Gasteiger partial charge < -0.3 is 9.31 Å².